The number of amides is 2. The van der Waals surface area contributed by atoms with Gasteiger partial charge in [0.15, 0.2) is 0 Å². The molecule has 1 aliphatic heterocycles. The number of rotatable bonds is 11. The minimum Gasteiger partial charge on any atom is -0.492 e. The van der Waals surface area contributed by atoms with Gasteiger partial charge in [0.1, 0.15) is 17.3 Å². The van der Waals surface area contributed by atoms with Crippen molar-refractivity contribution in [1.29, 1.82) is 0 Å². The summed E-state index contributed by atoms with van der Waals surface area (Å²) in [5, 5.41) is 5.66. The normalized spacial score (nSPS) is 13.5. The van der Waals surface area contributed by atoms with Gasteiger partial charge >= 0.3 is 0 Å². The lowest BCUT2D eigenvalue weighted by molar-refractivity contribution is -0.119. The molecule has 1 fully saturated rings. The average Bonchev–Trinajstić information content (AvgIpc) is 2.81. The molecule has 3 rings (SSSR count). The molecule has 0 aliphatic carbocycles. The highest BCUT2D eigenvalue weighted by atomic mass is 16.5. The van der Waals surface area contributed by atoms with Crippen LogP contribution in [0.25, 0.3) is 0 Å². The Morgan fingerprint density at radius 3 is 2.34 bits per heavy atom. The molecule has 1 aliphatic rings. The third-order valence-corrected chi connectivity index (χ3v) is 5.27. The summed E-state index contributed by atoms with van der Waals surface area (Å²) in [5.74, 6) is 1.21. The predicted octanol–water partition coefficient (Wildman–Crippen LogP) is 2.53. The first-order chi connectivity index (χ1) is 16.9. The molecular formula is C25H35N5O5. The molecule has 1 aromatic carbocycles. The van der Waals surface area contributed by atoms with Gasteiger partial charge in [-0.3, -0.25) is 14.5 Å². The number of hydrogen-bond donors (Lipinski definition) is 2. The highest BCUT2D eigenvalue weighted by molar-refractivity contribution is 5.96. The van der Waals surface area contributed by atoms with Crippen LogP contribution in [0.5, 0.6) is 11.5 Å². The van der Waals surface area contributed by atoms with Gasteiger partial charge < -0.3 is 29.7 Å². The van der Waals surface area contributed by atoms with Crippen LogP contribution in [0, 0.1) is 6.92 Å². The number of aromatic nitrogens is 1. The number of benzene rings is 1. The molecule has 10 nitrogen and oxygen atoms in total. The quantitative estimate of drug-likeness (QED) is 0.500. The Bertz CT molecular complexity index is 1010. The molecule has 2 aromatic rings. The maximum atomic E-state index is 12.8. The van der Waals surface area contributed by atoms with E-state index in [9.17, 15) is 9.59 Å². The number of aryl methyl sites for hydroxylation is 1. The van der Waals surface area contributed by atoms with E-state index in [1.54, 1.807) is 24.1 Å². The summed E-state index contributed by atoms with van der Waals surface area (Å²) in [6.07, 6.45) is 0. The fourth-order valence-corrected chi connectivity index (χ4v) is 3.78. The topological polar surface area (TPSA) is 105 Å². The van der Waals surface area contributed by atoms with Gasteiger partial charge in [-0.05, 0) is 40.0 Å². The van der Waals surface area contributed by atoms with E-state index < -0.39 is 0 Å². The van der Waals surface area contributed by atoms with Gasteiger partial charge in [-0.25, -0.2) is 4.98 Å². The van der Waals surface area contributed by atoms with E-state index in [1.165, 1.54) is 0 Å². The first-order valence-electron chi connectivity index (χ1n) is 11.9. The number of hydrogen-bond acceptors (Lipinski definition) is 8. The number of pyridine rings is 1. The Hall–Kier alpha value is -3.37. The molecule has 2 amide bonds. The van der Waals surface area contributed by atoms with E-state index in [4.69, 9.17) is 14.2 Å². The van der Waals surface area contributed by atoms with Crippen LogP contribution in [0.15, 0.2) is 30.3 Å². The summed E-state index contributed by atoms with van der Waals surface area (Å²) in [4.78, 5) is 33.2. The predicted molar refractivity (Wildman–Crippen MR) is 136 cm³/mol. The number of anilines is 3. The number of carbonyl (C=O) groups is 2. The van der Waals surface area contributed by atoms with Crippen LogP contribution < -0.4 is 25.0 Å². The zero-order chi connectivity index (χ0) is 25.2. The lowest BCUT2D eigenvalue weighted by Crippen LogP contribution is -2.37. The molecule has 0 unspecified atom stereocenters. The highest BCUT2D eigenvalue weighted by Gasteiger charge is 2.21. The Kier molecular flexibility index (Phi) is 9.68. The third kappa shape index (κ3) is 7.83. The van der Waals surface area contributed by atoms with Crippen molar-refractivity contribution in [3.05, 3.63) is 36.0 Å². The monoisotopic (exact) mass is 485 g/mol. The van der Waals surface area contributed by atoms with Crippen molar-refractivity contribution < 1.29 is 23.8 Å². The van der Waals surface area contributed by atoms with Crippen molar-refractivity contribution in [2.45, 2.75) is 20.8 Å². The van der Waals surface area contributed by atoms with Crippen LogP contribution in [0.2, 0.25) is 0 Å². The summed E-state index contributed by atoms with van der Waals surface area (Å²) in [7, 11) is 1.71. The minimum atomic E-state index is -0.267. The van der Waals surface area contributed by atoms with E-state index in [0.717, 1.165) is 24.5 Å². The average molecular weight is 486 g/mol. The second-order valence-electron chi connectivity index (χ2n) is 8.21. The number of carbonyl (C=O) groups excluding carboxylic acids is 2. The highest BCUT2D eigenvalue weighted by Crippen LogP contribution is 2.39. The maximum Gasteiger partial charge on any atom is 0.239 e. The largest absolute Gasteiger partial charge is 0.492 e. The number of morpholine rings is 1. The molecule has 0 bridgehead atoms. The molecule has 0 spiro atoms. The molecule has 2 N–H and O–H groups in total. The first-order valence-corrected chi connectivity index (χ1v) is 11.9. The molecular weight excluding hydrogens is 450 g/mol. The van der Waals surface area contributed by atoms with Crippen molar-refractivity contribution in [3.63, 3.8) is 0 Å². The Morgan fingerprint density at radius 2 is 1.69 bits per heavy atom. The Labute approximate surface area is 206 Å². The molecule has 0 radical (unpaired) electrons. The van der Waals surface area contributed by atoms with Gasteiger partial charge in [0.05, 0.1) is 50.9 Å². The summed E-state index contributed by atoms with van der Waals surface area (Å²) < 4.78 is 17.2. The Balaban J connectivity index is 1.66. The molecule has 1 aromatic heterocycles. The molecule has 1 saturated heterocycles. The zero-order valence-electron chi connectivity index (χ0n) is 20.9. The van der Waals surface area contributed by atoms with Crippen LogP contribution in [0.1, 0.15) is 19.5 Å². The van der Waals surface area contributed by atoms with Gasteiger partial charge in [0, 0.05) is 30.9 Å². The fraction of sp³-hybridized carbons (Fsp3) is 0.480. The van der Waals surface area contributed by atoms with Crippen LogP contribution in [0.4, 0.5) is 17.2 Å². The maximum absolute atomic E-state index is 12.8. The minimum absolute atomic E-state index is 0.0232. The lowest BCUT2D eigenvalue weighted by atomic mass is 10.2. The first kappa shape index (κ1) is 26.2. The third-order valence-electron chi connectivity index (χ3n) is 5.27. The second-order valence-corrected chi connectivity index (χ2v) is 8.21. The fourth-order valence-electron chi connectivity index (χ4n) is 3.78. The van der Waals surface area contributed by atoms with Crippen LogP contribution in [0.3, 0.4) is 0 Å². The van der Waals surface area contributed by atoms with Crippen LogP contribution >= 0.6 is 0 Å². The molecule has 0 saturated carbocycles. The molecule has 10 heteroatoms. The standard InChI is InChI=1S/C25H35N5O5/c1-5-34-21-15-20(30-10-12-33-13-11-30)22(35-6-2)14-19(21)27-24(31)16-29(4)17-25(32)28-23-9-7-8-18(3)26-23/h7-9,14-15H,5-6,10-13,16-17H2,1-4H3,(H,27,31)(H,26,28,32). The van der Waals surface area contributed by atoms with E-state index in [0.29, 0.717) is 49.4 Å². The second kappa shape index (κ2) is 12.9. The number of ether oxygens (including phenoxy) is 3. The van der Waals surface area contributed by atoms with Crippen molar-refractivity contribution in [3.8, 4) is 11.5 Å². The van der Waals surface area contributed by atoms with E-state index >= 15 is 0 Å². The van der Waals surface area contributed by atoms with Crippen LogP contribution in [-0.2, 0) is 14.3 Å². The SMILES string of the molecule is CCOc1cc(N2CCOCC2)c(OCC)cc1NC(=O)CN(C)CC(=O)Nc1cccc(C)n1. The van der Waals surface area contributed by atoms with Gasteiger partial charge in [-0.1, -0.05) is 6.07 Å². The van der Waals surface area contributed by atoms with Gasteiger partial charge in [-0.15, -0.1) is 0 Å². The number of nitrogens with one attached hydrogen (secondary N) is 2. The number of likely N-dealkylation sites (N-methyl/N-ethyl adjacent to an activating group) is 1. The van der Waals surface area contributed by atoms with Crippen LogP contribution in [-0.4, -0.2) is 81.4 Å². The smallest absolute Gasteiger partial charge is 0.239 e. The van der Waals surface area contributed by atoms with E-state index in [1.807, 2.05) is 39.0 Å². The molecule has 35 heavy (non-hydrogen) atoms. The van der Waals surface area contributed by atoms with Crippen molar-refractivity contribution in [2.24, 2.45) is 0 Å². The van der Waals surface area contributed by atoms with E-state index in [-0.39, 0.29) is 24.9 Å². The van der Waals surface area contributed by atoms with Crippen molar-refractivity contribution in [1.82, 2.24) is 9.88 Å². The molecule has 0 atom stereocenters. The van der Waals surface area contributed by atoms with Crippen molar-refractivity contribution >= 4 is 29.0 Å². The van der Waals surface area contributed by atoms with E-state index in [2.05, 4.69) is 20.5 Å². The van der Waals surface area contributed by atoms with Gasteiger partial charge in [0.25, 0.3) is 0 Å². The molecule has 2 heterocycles. The Morgan fingerprint density at radius 1 is 1.03 bits per heavy atom. The summed E-state index contributed by atoms with van der Waals surface area (Å²) in [6, 6.07) is 9.11. The van der Waals surface area contributed by atoms with Gasteiger partial charge in [0.2, 0.25) is 11.8 Å². The van der Waals surface area contributed by atoms with Crippen molar-refractivity contribution in [2.75, 3.05) is 75.2 Å². The lowest BCUT2D eigenvalue weighted by Gasteiger charge is -2.31. The zero-order valence-corrected chi connectivity index (χ0v) is 20.9. The summed E-state index contributed by atoms with van der Waals surface area (Å²) >= 11 is 0. The summed E-state index contributed by atoms with van der Waals surface area (Å²) in [6.45, 7) is 9.48. The molecule has 190 valence electrons. The van der Waals surface area contributed by atoms with Gasteiger partial charge in [-0.2, -0.15) is 0 Å². The summed E-state index contributed by atoms with van der Waals surface area (Å²) in [5.41, 5.74) is 2.25. The number of nitrogens with zero attached hydrogens (tertiary/aromatic N) is 3.